The molecule has 0 radical (unpaired) electrons. The summed E-state index contributed by atoms with van der Waals surface area (Å²) in [5.41, 5.74) is 6.29. The van der Waals surface area contributed by atoms with Gasteiger partial charge in [-0.2, -0.15) is 0 Å². The van der Waals surface area contributed by atoms with Crippen LogP contribution in [-0.4, -0.2) is 204 Å². The van der Waals surface area contributed by atoms with Crippen LogP contribution in [0.3, 0.4) is 0 Å². The topological polar surface area (TPSA) is 576 Å². The van der Waals surface area contributed by atoms with E-state index in [0.29, 0.717) is 5.56 Å². The zero-order valence-corrected chi connectivity index (χ0v) is 69.0. The number of amides is 10. The molecule has 0 spiro atoms. The van der Waals surface area contributed by atoms with Gasteiger partial charge in [0.05, 0.1) is 41.3 Å². The highest BCUT2D eigenvalue weighted by Crippen LogP contribution is 2.50. The molecule has 0 saturated carbocycles. The molecule has 7 heterocycles. The van der Waals surface area contributed by atoms with Gasteiger partial charge in [-0.05, 0) is 158 Å². The van der Waals surface area contributed by atoms with Crippen LogP contribution in [0.4, 0.5) is 18.9 Å². The molecular formula is C84H93Cl2F3N12O26. The van der Waals surface area contributed by atoms with Crippen molar-refractivity contribution in [3.8, 4) is 62.9 Å². The minimum atomic E-state index is -4.98. The molecule has 0 aromatic heterocycles. The van der Waals surface area contributed by atoms with Gasteiger partial charge in [-0.15, -0.1) is 13.2 Å². The first-order chi connectivity index (χ1) is 59.6. The predicted octanol–water partition coefficient (Wildman–Crippen LogP) is 3.81. The van der Waals surface area contributed by atoms with E-state index >= 15 is 24.0 Å². The molecular weight excluding hydrogens is 1720 g/mol. The molecule has 7 aromatic carbocycles. The molecule has 18 unspecified atom stereocenters. The Balaban J connectivity index is 0.0000156. The van der Waals surface area contributed by atoms with Crippen molar-refractivity contribution in [2.75, 3.05) is 19.0 Å². The molecule has 127 heavy (non-hydrogen) atoms. The molecule has 11 bridgehead atoms. The van der Waals surface area contributed by atoms with E-state index in [-0.39, 0.29) is 55.1 Å². The van der Waals surface area contributed by atoms with Crippen LogP contribution in [0.15, 0.2) is 127 Å². The van der Waals surface area contributed by atoms with E-state index < -0.39 is 277 Å². The first kappa shape index (κ1) is 95.4. The molecule has 10 amide bonds. The number of phenols is 3. The third kappa shape index (κ3) is 22.1. The summed E-state index contributed by atoms with van der Waals surface area (Å²) in [6, 6.07) is 9.45. The van der Waals surface area contributed by atoms with Crippen LogP contribution in [0.25, 0.3) is 11.1 Å². The third-order valence-corrected chi connectivity index (χ3v) is 21.9. The van der Waals surface area contributed by atoms with Gasteiger partial charge in [-0.3, -0.25) is 58.8 Å². The van der Waals surface area contributed by atoms with Crippen molar-refractivity contribution in [3.63, 3.8) is 0 Å². The van der Waals surface area contributed by atoms with Crippen LogP contribution in [0.2, 0.25) is 10.0 Å². The number of primary amides is 1. The number of hydrogen-bond donors (Lipinski definition) is 21. The zero-order valence-electron chi connectivity index (χ0n) is 67.5. The Morgan fingerprint density at radius 3 is 1.94 bits per heavy atom. The highest BCUT2D eigenvalue weighted by atomic mass is 35.5. The lowest BCUT2D eigenvalue weighted by atomic mass is 9.84. The average molecular weight is 1810 g/mol. The number of aromatic hydroxyl groups is 3. The van der Waals surface area contributed by atoms with Crippen molar-refractivity contribution in [1.82, 2.24) is 53.4 Å². The number of halogens is 5. The van der Waals surface area contributed by atoms with Gasteiger partial charge in [0.2, 0.25) is 59.3 Å². The standard InChI is InChI=1S/C83H89Cl2F3N12O26.CH4/c1-33(2)20-49(90-6)74(113)97-64-66(107)39-13-18-53(47(84)23-39)121-55-25-41-26-56(70(55)125-81-71(69(110)68(109)57(32-101)123-81)124-59-30-82(5,72(111)34(3)120-59)91-31-36-8-7-9-42(21-36)92-73(112)37-10-15-44(16-11-37)126-83(86,87)88)122-54-19-14-40(24-48(54)85)67(108)65-79(118)96-63(80(119)100-99-35(4)102)46-27-43(103)28-52(105)60(46)45-22-38(12-17-51(45)104)61(76(115)98-65)95-77(116)62(41)94-75(114)50(29-58(89)106)93-78(64)117;/h7-19,21-28,33-34,49-50,57,59,61-69,71-72,81,90-91,101,103-105,107-111H,20,29-32H2,1-6H3,(H2,89,106)(H,92,112)(H,93,117)(H,94,114)(H,95,116)(H,96,118)(H,97,113)(H,98,115)(H,99,102)(H,100,119);1H4. The number of fused-ring (bicyclic) bond motifs is 15. The van der Waals surface area contributed by atoms with Crippen LogP contribution in [0.1, 0.15) is 135 Å². The van der Waals surface area contributed by atoms with Gasteiger partial charge in [0.1, 0.15) is 101 Å². The lowest BCUT2D eigenvalue weighted by Crippen LogP contribution is -2.65. The summed E-state index contributed by atoms with van der Waals surface area (Å²) in [5.74, 6) is -18.2. The minimum absolute atomic E-state index is 0. The number of ether oxygens (including phenoxy) is 7. The summed E-state index contributed by atoms with van der Waals surface area (Å²) < 4.78 is 82.0. The van der Waals surface area contributed by atoms with E-state index in [0.717, 1.165) is 104 Å². The molecule has 38 nitrogen and oxygen atoms in total. The van der Waals surface area contributed by atoms with Crippen LogP contribution in [-0.2, 0) is 63.9 Å². The number of likely N-dealkylation sites (N-methyl/N-ethyl adjacent to an activating group) is 1. The van der Waals surface area contributed by atoms with Crippen molar-refractivity contribution in [2.24, 2.45) is 11.7 Å². The van der Waals surface area contributed by atoms with Crippen molar-refractivity contribution in [3.05, 3.63) is 176 Å². The molecule has 7 aliphatic heterocycles. The summed E-state index contributed by atoms with van der Waals surface area (Å²) >= 11 is 14.3. The second-order valence-corrected chi connectivity index (χ2v) is 31.9. The maximum absolute atomic E-state index is 16.3. The molecule has 2 fully saturated rings. The lowest BCUT2D eigenvalue weighted by molar-refractivity contribution is -0.334. The Hall–Kier alpha value is -12.2. The fourth-order valence-corrected chi connectivity index (χ4v) is 15.4. The number of benzene rings is 7. The van der Waals surface area contributed by atoms with E-state index in [1.165, 1.54) is 20.0 Å². The molecule has 680 valence electrons. The van der Waals surface area contributed by atoms with Gasteiger partial charge in [-0.25, -0.2) is 0 Å². The number of rotatable bonds is 19. The van der Waals surface area contributed by atoms with Crippen LogP contribution in [0, 0.1) is 5.92 Å². The molecule has 2 saturated heterocycles. The molecule has 14 rings (SSSR count). The Morgan fingerprint density at radius 2 is 1.32 bits per heavy atom. The largest absolute Gasteiger partial charge is 0.573 e. The summed E-state index contributed by atoms with van der Waals surface area (Å²) in [6.45, 7) is 6.60. The van der Waals surface area contributed by atoms with E-state index in [2.05, 4.69) is 63.4 Å². The number of anilines is 1. The molecule has 7 aliphatic rings. The van der Waals surface area contributed by atoms with Crippen molar-refractivity contribution >= 4 is 88.0 Å². The van der Waals surface area contributed by atoms with Gasteiger partial charge in [0, 0.05) is 53.9 Å². The predicted molar refractivity (Wildman–Crippen MR) is 441 cm³/mol. The highest BCUT2D eigenvalue weighted by molar-refractivity contribution is 6.32. The van der Waals surface area contributed by atoms with Crippen LogP contribution < -0.4 is 83.4 Å². The number of carbonyl (C=O) groups excluding carboxylic acids is 10. The second kappa shape index (κ2) is 39.8. The minimum Gasteiger partial charge on any atom is -0.508 e. The van der Waals surface area contributed by atoms with Crippen LogP contribution in [0.5, 0.6) is 51.7 Å². The number of nitrogens with two attached hydrogens (primary N) is 1. The quantitative estimate of drug-likeness (QED) is 0.0512. The summed E-state index contributed by atoms with van der Waals surface area (Å²) in [4.78, 5) is 145. The molecule has 43 heteroatoms. The first-order valence-electron chi connectivity index (χ1n) is 39.1. The van der Waals surface area contributed by atoms with Gasteiger partial charge < -0.3 is 133 Å². The van der Waals surface area contributed by atoms with E-state index in [9.17, 15) is 83.1 Å². The Kier molecular flexibility index (Phi) is 29.9. The van der Waals surface area contributed by atoms with Crippen molar-refractivity contribution < 1.29 is 140 Å². The Morgan fingerprint density at radius 1 is 0.693 bits per heavy atom. The second-order valence-electron chi connectivity index (χ2n) is 31.0. The van der Waals surface area contributed by atoms with Crippen molar-refractivity contribution in [2.45, 2.75) is 183 Å². The molecule has 22 N–H and O–H groups in total. The summed E-state index contributed by atoms with van der Waals surface area (Å²) in [6.07, 6.45) is -24.8. The normalized spacial score (nSPS) is 25.7. The number of hydrogen-bond acceptors (Lipinski definition) is 28. The highest BCUT2D eigenvalue weighted by Gasteiger charge is 2.53. The molecule has 0 aliphatic carbocycles. The molecule has 18 atom stereocenters. The van der Waals surface area contributed by atoms with Gasteiger partial charge in [-0.1, -0.05) is 74.8 Å². The van der Waals surface area contributed by atoms with Crippen LogP contribution >= 0.6 is 23.2 Å². The number of nitrogens with one attached hydrogen (secondary N) is 11. The number of hydrazine groups is 1. The lowest BCUT2D eigenvalue weighted by Gasteiger charge is -2.48. The Bertz CT molecular complexity index is 5350. The maximum atomic E-state index is 16.3. The first-order valence-corrected chi connectivity index (χ1v) is 39.8. The summed E-state index contributed by atoms with van der Waals surface area (Å²) in [5, 5.41) is 129. The summed E-state index contributed by atoms with van der Waals surface area (Å²) in [7, 11) is 1.46. The number of phenolic OH excluding ortho intramolecular Hbond substituents is 3. The van der Waals surface area contributed by atoms with E-state index in [1.807, 2.05) is 0 Å². The van der Waals surface area contributed by atoms with Crippen molar-refractivity contribution in [1.29, 1.82) is 0 Å². The maximum Gasteiger partial charge on any atom is 0.573 e. The smallest absolute Gasteiger partial charge is 0.508 e. The fraction of sp³-hybridized carbons (Fsp3) is 0.381. The monoisotopic (exact) mass is 1810 g/mol. The van der Waals surface area contributed by atoms with E-state index in [4.69, 9.17) is 57.4 Å². The number of carbonyl (C=O) groups is 10. The Labute approximate surface area is 731 Å². The van der Waals surface area contributed by atoms with Gasteiger partial charge in [0.15, 0.2) is 23.9 Å². The molecule has 7 aromatic rings. The average Bonchev–Trinajstić information content (AvgIpc) is 0.764. The zero-order chi connectivity index (χ0) is 91.4. The van der Waals surface area contributed by atoms with Gasteiger partial charge >= 0.3 is 6.36 Å². The van der Waals surface area contributed by atoms with E-state index in [1.54, 1.807) is 45.0 Å². The third-order valence-electron chi connectivity index (χ3n) is 21.3. The number of aliphatic hydroxyl groups excluding tert-OH is 6. The van der Waals surface area contributed by atoms with Gasteiger partial charge in [0.25, 0.3) is 11.8 Å². The number of aliphatic hydroxyl groups is 6. The number of alkyl halides is 3. The SMILES string of the molecule is C.CNC(CC(C)C)C(=O)NC1C(=O)NC(CC(N)=O)C(=O)NC2C(=O)NC3C(=O)NC(C(=O)NC(C(=O)NNC(C)=O)c4cc(O)cc(O)c4-c4cc3ccc4O)C(O)c3ccc(c(Cl)c3)Oc3cc2cc(c3OC2OC(CO)C(O)C(O)C2OC2CC(C)(NCc3cccc(NC(=O)c4ccc(OC(F)(F)F)cc4)c3)C(O)C(C)O2)Oc2ccc(cc2Cl)C1O. The fourth-order valence-electron chi connectivity index (χ4n) is 14.9.